The topological polar surface area (TPSA) is 51.0 Å². The SMILES string of the molecule is CC(C)CN1CCC(C(=O)Cc2cc3cc(-c4cnn(C)c4)ccc3cn2)C1. The van der Waals surface area contributed by atoms with Gasteiger partial charge < -0.3 is 4.90 Å². The smallest absolute Gasteiger partial charge is 0.143 e. The molecule has 1 aliphatic rings. The molecule has 1 fully saturated rings. The Balaban J connectivity index is 1.49. The number of carbonyl (C=O) groups is 1. The summed E-state index contributed by atoms with van der Waals surface area (Å²) in [6.07, 6.45) is 7.16. The van der Waals surface area contributed by atoms with Gasteiger partial charge in [0.25, 0.3) is 0 Å². The molecule has 4 rings (SSSR count). The Hall–Kier alpha value is -2.53. The molecule has 0 amide bonds. The molecule has 0 bridgehead atoms. The van der Waals surface area contributed by atoms with Crippen molar-refractivity contribution >= 4 is 16.6 Å². The molecule has 3 aromatic rings. The van der Waals surface area contributed by atoms with Crippen LogP contribution >= 0.6 is 0 Å². The zero-order valence-corrected chi connectivity index (χ0v) is 16.9. The first-order valence-electron chi connectivity index (χ1n) is 10.1. The first kappa shape index (κ1) is 18.8. The lowest BCUT2D eigenvalue weighted by Gasteiger charge is -2.17. The van der Waals surface area contributed by atoms with Gasteiger partial charge in [0.1, 0.15) is 5.78 Å². The maximum absolute atomic E-state index is 12.8. The van der Waals surface area contributed by atoms with Crippen LogP contribution in [0.1, 0.15) is 26.0 Å². The van der Waals surface area contributed by atoms with Crippen molar-refractivity contribution in [1.82, 2.24) is 19.7 Å². The predicted molar refractivity (Wildman–Crippen MR) is 112 cm³/mol. The number of carbonyl (C=O) groups excluding carboxylic acids is 1. The summed E-state index contributed by atoms with van der Waals surface area (Å²) in [5.41, 5.74) is 3.09. The maximum Gasteiger partial charge on any atom is 0.143 e. The van der Waals surface area contributed by atoms with Crippen LogP contribution in [0.3, 0.4) is 0 Å². The van der Waals surface area contributed by atoms with E-state index in [-0.39, 0.29) is 5.92 Å². The Morgan fingerprint density at radius 1 is 1.18 bits per heavy atom. The van der Waals surface area contributed by atoms with E-state index < -0.39 is 0 Å². The standard InChI is InChI=1S/C23H28N4O/c1-16(2)13-27-7-6-19(15-27)23(28)10-22-9-20-8-17(4-5-18(20)11-24-22)21-12-25-26(3)14-21/h4-5,8-9,11-12,14,16,19H,6-7,10,13,15H2,1-3H3. The number of likely N-dealkylation sites (tertiary alicyclic amines) is 1. The van der Waals surface area contributed by atoms with E-state index in [4.69, 9.17) is 0 Å². The van der Waals surface area contributed by atoms with Crippen molar-refractivity contribution in [3.8, 4) is 11.1 Å². The van der Waals surface area contributed by atoms with E-state index >= 15 is 0 Å². The molecule has 28 heavy (non-hydrogen) atoms. The van der Waals surface area contributed by atoms with Crippen LogP contribution in [0.4, 0.5) is 0 Å². The van der Waals surface area contributed by atoms with Crippen molar-refractivity contribution in [2.75, 3.05) is 19.6 Å². The highest BCUT2D eigenvalue weighted by molar-refractivity contribution is 5.88. The first-order chi connectivity index (χ1) is 13.5. The fraction of sp³-hybridized carbons (Fsp3) is 0.435. The van der Waals surface area contributed by atoms with E-state index in [2.05, 4.69) is 53.1 Å². The van der Waals surface area contributed by atoms with E-state index in [9.17, 15) is 4.79 Å². The van der Waals surface area contributed by atoms with E-state index in [0.29, 0.717) is 18.1 Å². The summed E-state index contributed by atoms with van der Waals surface area (Å²) in [5.74, 6) is 1.12. The van der Waals surface area contributed by atoms with Crippen LogP contribution in [0.2, 0.25) is 0 Å². The summed E-state index contributed by atoms with van der Waals surface area (Å²) in [6.45, 7) is 7.47. The van der Waals surface area contributed by atoms with E-state index in [1.54, 1.807) is 4.68 Å². The molecule has 1 saturated heterocycles. The van der Waals surface area contributed by atoms with Gasteiger partial charge in [0.2, 0.25) is 0 Å². The minimum Gasteiger partial charge on any atom is -0.302 e. The second-order valence-electron chi connectivity index (χ2n) is 8.42. The summed E-state index contributed by atoms with van der Waals surface area (Å²) in [5, 5.41) is 6.46. The molecule has 1 atom stereocenters. The number of hydrogen-bond donors (Lipinski definition) is 0. The van der Waals surface area contributed by atoms with Crippen molar-refractivity contribution in [1.29, 1.82) is 0 Å². The lowest BCUT2D eigenvalue weighted by atomic mass is 9.98. The summed E-state index contributed by atoms with van der Waals surface area (Å²) >= 11 is 0. The molecule has 1 aliphatic heterocycles. The fourth-order valence-corrected chi connectivity index (χ4v) is 4.13. The quantitative estimate of drug-likeness (QED) is 0.658. The Kier molecular flexibility index (Phi) is 5.27. The molecule has 5 nitrogen and oxygen atoms in total. The van der Waals surface area contributed by atoms with Gasteiger partial charge in [-0.25, -0.2) is 0 Å². The minimum atomic E-state index is 0.151. The number of hydrogen-bond acceptors (Lipinski definition) is 4. The summed E-state index contributed by atoms with van der Waals surface area (Å²) in [4.78, 5) is 19.8. The number of rotatable bonds is 6. The average molecular weight is 377 g/mol. The molecular weight excluding hydrogens is 348 g/mol. The molecular formula is C23H28N4O. The van der Waals surface area contributed by atoms with E-state index in [1.165, 1.54) is 0 Å². The lowest BCUT2D eigenvalue weighted by molar-refractivity contribution is -0.121. The van der Waals surface area contributed by atoms with E-state index in [1.807, 2.05) is 25.6 Å². The molecule has 1 unspecified atom stereocenters. The zero-order valence-electron chi connectivity index (χ0n) is 16.9. The monoisotopic (exact) mass is 376 g/mol. The van der Waals surface area contributed by atoms with Crippen molar-refractivity contribution in [3.05, 3.63) is 48.5 Å². The third-order valence-corrected chi connectivity index (χ3v) is 5.52. The van der Waals surface area contributed by atoms with Gasteiger partial charge in [0.15, 0.2) is 0 Å². The fourth-order valence-electron chi connectivity index (χ4n) is 4.13. The Morgan fingerprint density at radius 3 is 2.79 bits per heavy atom. The molecule has 0 radical (unpaired) electrons. The third-order valence-electron chi connectivity index (χ3n) is 5.52. The first-order valence-corrected chi connectivity index (χ1v) is 10.1. The number of benzene rings is 1. The summed E-state index contributed by atoms with van der Waals surface area (Å²) < 4.78 is 1.81. The van der Waals surface area contributed by atoms with Gasteiger partial charge in [-0.05, 0) is 42.0 Å². The highest BCUT2D eigenvalue weighted by Crippen LogP contribution is 2.25. The number of pyridine rings is 1. The van der Waals surface area contributed by atoms with Crippen LogP contribution in [-0.4, -0.2) is 45.1 Å². The van der Waals surface area contributed by atoms with Gasteiger partial charge in [-0.2, -0.15) is 5.10 Å². The Labute approximate surface area is 166 Å². The van der Waals surface area contributed by atoms with Gasteiger partial charge in [-0.1, -0.05) is 26.0 Å². The average Bonchev–Trinajstić information content (AvgIpc) is 3.30. The molecule has 3 heterocycles. The molecule has 0 aliphatic carbocycles. The maximum atomic E-state index is 12.8. The molecule has 2 aromatic heterocycles. The third kappa shape index (κ3) is 4.14. The number of Topliss-reactive ketones (excluding diaryl/α,β-unsaturated/α-hetero) is 1. The van der Waals surface area contributed by atoms with Crippen LogP contribution in [0.5, 0.6) is 0 Å². The molecule has 146 valence electrons. The van der Waals surface area contributed by atoms with Crippen LogP contribution in [0, 0.1) is 11.8 Å². The Bertz CT molecular complexity index is 991. The summed E-state index contributed by atoms with van der Waals surface area (Å²) in [7, 11) is 1.92. The second-order valence-corrected chi connectivity index (χ2v) is 8.42. The van der Waals surface area contributed by atoms with Crippen LogP contribution in [-0.2, 0) is 18.3 Å². The number of aryl methyl sites for hydroxylation is 1. The zero-order chi connectivity index (χ0) is 19.7. The largest absolute Gasteiger partial charge is 0.302 e. The van der Waals surface area contributed by atoms with Gasteiger partial charge in [-0.3, -0.25) is 14.5 Å². The molecule has 0 spiro atoms. The Morgan fingerprint density at radius 2 is 2.04 bits per heavy atom. The van der Waals surface area contributed by atoms with Crippen LogP contribution in [0.15, 0.2) is 42.9 Å². The van der Waals surface area contributed by atoms with Crippen LogP contribution in [0.25, 0.3) is 21.9 Å². The van der Waals surface area contributed by atoms with Crippen molar-refractivity contribution < 1.29 is 4.79 Å². The van der Waals surface area contributed by atoms with Gasteiger partial charge in [-0.15, -0.1) is 0 Å². The lowest BCUT2D eigenvalue weighted by Crippen LogP contribution is -2.27. The van der Waals surface area contributed by atoms with Gasteiger partial charge in [0, 0.05) is 61.5 Å². The number of nitrogens with zero attached hydrogens (tertiary/aromatic N) is 4. The van der Waals surface area contributed by atoms with Crippen molar-refractivity contribution in [2.24, 2.45) is 18.9 Å². The minimum absolute atomic E-state index is 0.151. The molecule has 0 saturated carbocycles. The van der Waals surface area contributed by atoms with Gasteiger partial charge in [0.05, 0.1) is 6.20 Å². The highest BCUT2D eigenvalue weighted by Gasteiger charge is 2.28. The van der Waals surface area contributed by atoms with Crippen LogP contribution < -0.4 is 0 Å². The van der Waals surface area contributed by atoms with Crippen molar-refractivity contribution in [2.45, 2.75) is 26.7 Å². The molecule has 1 aromatic carbocycles. The number of fused-ring (bicyclic) bond motifs is 1. The normalized spacial score (nSPS) is 17.6. The highest BCUT2D eigenvalue weighted by atomic mass is 16.1. The van der Waals surface area contributed by atoms with Crippen molar-refractivity contribution in [3.63, 3.8) is 0 Å². The van der Waals surface area contributed by atoms with E-state index in [0.717, 1.165) is 53.6 Å². The predicted octanol–water partition coefficient (Wildman–Crippen LogP) is 3.72. The number of ketones is 1. The molecule has 5 heteroatoms. The van der Waals surface area contributed by atoms with Gasteiger partial charge >= 0.3 is 0 Å². The second kappa shape index (κ2) is 7.84. The molecule has 0 N–H and O–H groups in total. The summed E-state index contributed by atoms with van der Waals surface area (Å²) in [6, 6.07) is 8.39. The number of aromatic nitrogens is 3.